The lowest BCUT2D eigenvalue weighted by molar-refractivity contribution is 0.108. The zero-order chi connectivity index (χ0) is 16.9. The van der Waals surface area contributed by atoms with Crippen LogP contribution in [0, 0.1) is 0 Å². The van der Waals surface area contributed by atoms with Gasteiger partial charge in [0.05, 0.1) is 0 Å². The van der Waals surface area contributed by atoms with Gasteiger partial charge in [0.15, 0.2) is 0 Å². The minimum Gasteiger partial charge on any atom is -0.330 e. The van der Waals surface area contributed by atoms with Crippen molar-refractivity contribution in [3.8, 4) is 0 Å². The Kier molecular flexibility index (Phi) is 11.0. The highest BCUT2D eigenvalue weighted by Crippen LogP contribution is 2.16. The van der Waals surface area contributed by atoms with Crippen molar-refractivity contribution >= 4 is 16.9 Å². The summed E-state index contributed by atoms with van der Waals surface area (Å²) in [6, 6.07) is 8.07. The molecule has 3 nitrogen and oxygen atoms in total. The van der Waals surface area contributed by atoms with E-state index in [1.165, 1.54) is 23.7 Å². The van der Waals surface area contributed by atoms with Crippen molar-refractivity contribution in [1.29, 1.82) is 0 Å². The second-order valence-electron chi connectivity index (χ2n) is 5.81. The van der Waals surface area contributed by atoms with Gasteiger partial charge in [-0.2, -0.15) is 0 Å². The molecule has 2 N–H and O–H groups in total. The zero-order valence-electron chi connectivity index (χ0n) is 14.7. The van der Waals surface area contributed by atoms with Crippen molar-refractivity contribution < 1.29 is 4.79 Å². The standard InChI is InChI=1S/C19H32N2OS/c1-3-21(4-2)15-7-8-16-23-19(22)18-12-10-17(11-13-18)9-5-6-14-20/h10-13H,3-9,14-16,20H2,1-2H3. The fourth-order valence-corrected chi connectivity index (χ4v) is 3.34. The maximum absolute atomic E-state index is 12.2. The average molecular weight is 337 g/mol. The highest BCUT2D eigenvalue weighted by Gasteiger charge is 2.06. The van der Waals surface area contributed by atoms with Gasteiger partial charge in [-0.1, -0.05) is 49.9 Å². The van der Waals surface area contributed by atoms with Crippen LogP contribution < -0.4 is 5.73 Å². The third kappa shape index (κ3) is 8.54. The number of carbonyl (C=O) groups excluding carboxylic acids is 1. The normalized spacial score (nSPS) is 11.1. The van der Waals surface area contributed by atoms with E-state index in [0.29, 0.717) is 0 Å². The number of rotatable bonds is 12. The summed E-state index contributed by atoms with van der Waals surface area (Å²) in [5, 5.41) is 0.196. The monoisotopic (exact) mass is 336 g/mol. The van der Waals surface area contributed by atoms with Crippen molar-refractivity contribution in [3.05, 3.63) is 35.4 Å². The molecule has 0 aliphatic carbocycles. The van der Waals surface area contributed by atoms with Crippen LogP contribution in [-0.2, 0) is 6.42 Å². The molecule has 0 aliphatic heterocycles. The van der Waals surface area contributed by atoms with Gasteiger partial charge in [-0.05, 0) is 63.8 Å². The van der Waals surface area contributed by atoms with Crippen LogP contribution in [0.5, 0.6) is 0 Å². The summed E-state index contributed by atoms with van der Waals surface area (Å²) in [5.74, 6) is 0.915. The van der Waals surface area contributed by atoms with E-state index in [-0.39, 0.29) is 5.12 Å². The number of nitrogens with zero attached hydrogens (tertiary/aromatic N) is 1. The van der Waals surface area contributed by atoms with Crippen molar-refractivity contribution in [2.75, 3.05) is 31.9 Å². The van der Waals surface area contributed by atoms with E-state index in [4.69, 9.17) is 5.73 Å². The van der Waals surface area contributed by atoms with Crippen LogP contribution in [0.1, 0.15) is 55.5 Å². The van der Waals surface area contributed by atoms with Gasteiger partial charge in [0, 0.05) is 11.3 Å². The fourth-order valence-electron chi connectivity index (χ4n) is 2.51. The molecule has 1 rings (SSSR count). The molecule has 0 aliphatic rings. The minimum absolute atomic E-state index is 0.196. The lowest BCUT2D eigenvalue weighted by Crippen LogP contribution is -2.23. The largest absolute Gasteiger partial charge is 0.330 e. The highest BCUT2D eigenvalue weighted by atomic mass is 32.2. The molecule has 23 heavy (non-hydrogen) atoms. The summed E-state index contributed by atoms with van der Waals surface area (Å²) in [4.78, 5) is 14.6. The number of carbonyl (C=O) groups is 1. The highest BCUT2D eigenvalue weighted by molar-refractivity contribution is 8.14. The van der Waals surface area contributed by atoms with Crippen molar-refractivity contribution in [2.45, 2.75) is 46.0 Å². The molecule has 130 valence electrons. The molecule has 0 fully saturated rings. The Morgan fingerprint density at radius 2 is 1.74 bits per heavy atom. The third-order valence-electron chi connectivity index (χ3n) is 4.11. The second-order valence-corrected chi connectivity index (χ2v) is 6.88. The van der Waals surface area contributed by atoms with Gasteiger partial charge < -0.3 is 10.6 Å². The van der Waals surface area contributed by atoms with Crippen LogP contribution in [-0.4, -0.2) is 41.9 Å². The number of nitrogens with two attached hydrogens (primary N) is 1. The van der Waals surface area contributed by atoms with E-state index < -0.39 is 0 Å². The SMILES string of the molecule is CCN(CC)CCCCSC(=O)c1ccc(CCCCN)cc1. The van der Waals surface area contributed by atoms with Gasteiger partial charge >= 0.3 is 0 Å². The molecule has 0 heterocycles. The smallest absolute Gasteiger partial charge is 0.219 e. The van der Waals surface area contributed by atoms with Gasteiger partial charge in [-0.3, -0.25) is 4.79 Å². The number of aryl methyl sites for hydroxylation is 1. The first-order valence-electron chi connectivity index (χ1n) is 8.89. The van der Waals surface area contributed by atoms with Crippen molar-refractivity contribution in [1.82, 2.24) is 4.90 Å². The van der Waals surface area contributed by atoms with Crippen LogP contribution in [0.3, 0.4) is 0 Å². The molecule has 1 aromatic rings. The zero-order valence-corrected chi connectivity index (χ0v) is 15.5. The number of hydrogen-bond acceptors (Lipinski definition) is 4. The summed E-state index contributed by atoms with van der Waals surface area (Å²) in [5.41, 5.74) is 7.62. The van der Waals surface area contributed by atoms with E-state index in [0.717, 1.165) is 63.2 Å². The summed E-state index contributed by atoms with van der Waals surface area (Å²) < 4.78 is 0. The summed E-state index contributed by atoms with van der Waals surface area (Å²) in [6.07, 6.45) is 5.49. The van der Waals surface area contributed by atoms with Gasteiger partial charge in [-0.25, -0.2) is 0 Å². The fraction of sp³-hybridized carbons (Fsp3) is 0.632. The molecule has 0 aromatic heterocycles. The minimum atomic E-state index is 0.196. The van der Waals surface area contributed by atoms with E-state index in [2.05, 4.69) is 30.9 Å². The Morgan fingerprint density at radius 3 is 2.35 bits per heavy atom. The molecule has 0 unspecified atom stereocenters. The van der Waals surface area contributed by atoms with Gasteiger partial charge in [0.2, 0.25) is 5.12 Å². The van der Waals surface area contributed by atoms with Crippen molar-refractivity contribution in [2.24, 2.45) is 5.73 Å². The lowest BCUT2D eigenvalue weighted by Gasteiger charge is -2.17. The van der Waals surface area contributed by atoms with E-state index >= 15 is 0 Å². The van der Waals surface area contributed by atoms with Crippen molar-refractivity contribution in [3.63, 3.8) is 0 Å². The Labute approximate surface area is 146 Å². The molecule has 0 radical (unpaired) electrons. The van der Waals surface area contributed by atoms with E-state index in [1.54, 1.807) is 0 Å². The number of thioether (sulfide) groups is 1. The topological polar surface area (TPSA) is 46.3 Å². The quantitative estimate of drug-likeness (QED) is 0.587. The molecule has 0 spiro atoms. The Hall–Kier alpha value is -0.840. The molecule has 0 saturated heterocycles. The summed E-state index contributed by atoms with van der Waals surface area (Å²) in [6.45, 7) is 8.50. The third-order valence-corrected chi connectivity index (χ3v) is 5.10. The van der Waals surface area contributed by atoms with Crippen LogP contribution in [0.4, 0.5) is 0 Å². The number of benzene rings is 1. The van der Waals surface area contributed by atoms with Gasteiger partial charge in [-0.15, -0.1) is 0 Å². The molecule has 0 saturated carbocycles. The van der Waals surface area contributed by atoms with Crippen LogP contribution in [0.2, 0.25) is 0 Å². The summed E-state index contributed by atoms with van der Waals surface area (Å²) >= 11 is 1.45. The van der Waals surface area contributed by atoms with E-state index in [1.807, 2.05) is 12.1 Å². The van der Waals surface area contributed by atoms with Gasteiger partial charge in [0.25, 0.3) is 0 Å². The van der Waals surface area contributed by atoms with Crippen LogP contribution in [0.15, 0.2) is 24.3 Å². The predicted octanol–water partition coefficient (Wildman–Crippen LogP) is 3.96. The molecule has 1 aromatic carbocycles. The van der Waals surface area contributed by atoms with Crippen LogP contribution >= 0.6 is 11.8 Å². The molecule has 0 amide bonds. The molecular formula is C19H32N2OS. The predicted molar refractivity (Wildman–Crippen MR) is 102 cm³/mol. The average Bonchev–Trinajstić information content (AvgIpc) is 2.59. The van der Waals surface area contributed by atoms with E-state index in [9.17, 15) is 4.79 Å². The van der Waals surface area contributed by atoms with Gasteiger partial charge in [0.1, 0.15) is 0 Å². The molecule has 0 atom stereocenters. The Balaban J connectivity index is 2.24. The first-order valence-corrected chi connectivity index (χ1v) is 9.88. The number of hydrogen-bond donors (Lipinski definition) is 1. The first-order chi connectivity index (χ1) is 11.2. The first kappa shape index (κ1) is 20.2. The molecular weight excluding hydrogens is 304 g/mol. The second kappa shape index (κ2) is 12.6. The molecule has 4 heteroatoms. The molecule has 0 bridgehead atoms. The van der Waals surface area contributed by atoms with Crippen LogP contribution in [0.25, 0.3) is 0 Å². The number of unbranched alkanes of at least 4 members (excludes halogenated alkanes) is 2. The summed E-state index contributed by atoms with van der Waals surface area (Å²) in [7, 11) is 0. The maximum atomic E-state index is 12.2. The Bertz CT molecular complexity index is 430. The Morgan fingerprint density at radius 1 is 1.04 bits per heavy atom. The lowest BCUT2D eigenvalue weighted by atomic mass is 10.1. The maximum Gasteiger partial charge on any atom is 0.219 e.